The molecule has 2 aromatic carbocycles. The number of amides is 1. The number of rotatable bonds is 8. The number of sulfonamides is 1. The number of nitrogens with one attached hydrogen (secondary N) is 1. The second-order valence-electron chi connectivity index (χ2n) is 6.15. The number of carbonyl (C=O) groups excluding carboxylic acids is 1. The number of anilines is 1. The average Bonchev–Trinajstić information content (AvgIpc) is 2.57. The predicted octanol–water partition coefficient (Wildman–Crippen LogP) is 3.51. The Hall–Kier alpha value is -2.05. The smallest absolute Gasteiger partial charge is 0.232 e. The van der Waals surface area contributed by atoms with Crippen molar-refractivity contribution in [2.45, 2.75) is 26.3 Å². The molecule has 0 spiro atoms. The molecule has 7 heteroatoms. The van der Waals surface area contributed by atoms with E-state index >= 15 is 0 Å². The number of halogens is 1. The number of nitrogens with zero attached hydrogens (tertiary/aromatic N) is 1. The van der Waals surface area contributed by atoms with Crippen molar-refractivity contribution < 1.29 is 13.2 Å². The van der Waals surface area contributed by atoms with Crippen LogP contribution in [0.3, 0.4) is 0 Å². The Morgan fingerprint density at radius 2 is 1.88 bits per heavy atom. The maximum Gasteiger partial charge on any atom is 0.232 e. The molecule has 5 nitrogen and oxygen atoms in total. The van der Waals surface area contributed by atoms with Crippen LogP contribution in [0.2, 0.25) is 5.02 Å². The Morgan fingerprint density at radius 1 is 1.15 bits per heavy atom. The van der Waals surface area contributed by atoms with Gasteiger partial charge in [0.05, 0.1) is 11.9 Å². The fourth-order valence-corrected chi connectivity index (χ4v) is 3.74. The predicted molar refractivity (Wildman–Crippen MR) is 106 cm³/mol. The van der Waals surface area contributed by atoms with E-state index in [-0.39, 0.29) is 18.9 Å². The van der Waals surface area contributed by atoms with E-state index in [0.717, 1.165) is 11.1 Å². The number of hydrogen-bond acceptors (Lipinski definition) is 3. The topological polar surface area (TPSA) is 66.5 Å². The summed E-state index contributed by atoms with van der Waals surface area (Å²) in [4.78, 5) is 12.0. The standard InChI is InChI=1S/C19H23ClN2O3S/c1-15-7-5-9-17(13-15)22(26(2,24)25)12-6-11-19(23)21-14-16-8-3-4-10-18(16)20/h3-5,7-10,13H,6,11-12,14H2,1-2H3,(H,21,23). The zero-order chi connectivity index (χ0) is 19.2. The van der Waals surface area contributed by atoms with Gasteiger partial charge < -0.3 is 5.32 Å². The Bertz CT molecular complexity index is 869. The summed E-state index contributed by atoms with van der Waals surface area (Å²) in [5.74, 6) is -0.136. The van der Waals surface area contributed by atoms with Crippen molar-refractivity contribution in [2.75, 3.05) is 17.1 Å². The molecular formula is C19H23ClN2O3S. The molecule has 0 saturated heterocycles. The second kappa shape index (κ2) is 9.05. The second-order valence-corrected chi connectivity index (χ2v) is 8.46. The molecule has 0 aromatic heterocycles. The van der Waals surface area contributed by atoms with Gasteiger partial charge in [-0.1, -0.05) is 41.9 Å². The molecule has 2 aromatic rings. The summed E-state index contributed by atoms with van der Waals surface area (Å²) in [6.45, 7) is 2.51. The van der Waals surface area contributed by atoms with Gasteiger partial charge >= 0.3 is 0 Å². The first-order chi connectivity index (χ1) is 12.3. The van der Waals surface area contributed by atoms with Crippen molar-refractivity contribution in [3.05, 3.63) is 64.7 Å². The molecule has 1 amide bonds. The number of aryl methyl sites for hydroxylation is 1. The molecule has 1 N–H and O–H groups in total. The maximum absolute atomic E-state index is 12.1. The van der Waals surface area contributed by atoms with Crippen LogP contribution in [0.5, 0.6) is 0 Å². The van der Waals surface area contributed by atoms with Crippen molar-refractivity contribution in [2.24, 2.45) is 0 Å². The van der Waals surface area contributed by atoms with Gasteiger partial charge in [0.25, 0.3) is 0 Å². The van der Waals surface area contributed by atoms with Gasteiger partial charge in [0.1, 0.15) is 0 Å². The first-order valence-corrected chi connectivity index (χ1v) is 10.5. The highest BCUT2D eigenvalue weighted by atomic mass is 35.5. The molecule has 2 rings (SSSR count). The lowest BCUT2D eigenvalue weighted by molar-refractivity contribution is -0.121. The molecule has 0 radical (unpaired) electrons. The van der Waals surface area contributed by atoms with E-state index in [1.165, 1.54) is 10.6 Å². The lowest BCUT2D eigenvalue weighted by Gasteiger charge is -2.22. The molecule has 0 aliphatic heterocycles. The highest BCUT2D eigenvalue weighted by molar-refractivity contribution is 7.92. The van der Waals surface area contributed by atoms with Crippen molar-refractivity contribution >= 4 is 33.2 Å². The van der Waals surface area contributed by atoms with Crippen molar-refractivity contribution in [1.82, 2.24) is 5.32 Å². The minimum Gasteiger partial charge on any atom is -0.352 e. The van der Waals surface area contributed by atoms with Crippen LogP contribution in [0.1, 0.15) is 24.0 Å². The molecule has 0 aliphatic carbocycles. The Morgan fingerprint density at radius 3 is 2.54 bits per heavy atom. The van der Waals surface area contributed by atoms with Crippen molar-refractivity contribution in [1.29, 1.82) is 0 Å². The van der Waals surface area contributed by atoms with Crippen molar-refractivity contribution in [3.8, 4) is 0 Å². The third-order valence-electron chi connectivity index (χ3n) is 3.89. The van der Waals surface area contributed by atoms with E-state index in [1.54, 1.807) is 12.1 Å². The van der Waals surface area contributed by atoms with Crippen LogP contribution in [0.4, 0.5) is 5.69 Å². The van der Waals surface area contributed by atoms with Crippen LogP contribution in [0.25, 0.3) is 0 Å². The van der Waals surface area contributed by atoms with E-state index in [0.29, 0.717) is 23.7 Å². The van der Waals surface area contributed by atoms with E-state index in [2.05, 4.69) is 5.32 Å². The molecule has 0 saturated carbocycles. The molecule has 26 heavy (non-hydrogen) atoms. The fraction of sp³-hybridized carbons (Fsp3) is 0.316. The average molecular weight is 395 g/mol. The van der Waals surface area contributed by atoms with Gasteiger partial charge in [0.2, 0.25) is 15.9 Å². The molecule has 0 aliphatic rings. The third-order valence-corrected chi connectivity index (χ3v) is 5.45. The zero-order valence-electron chi connectivity index (χ0n) is 14.9. The molecule has 0 heterocycles. The van der Waals surface area contributed by atoms with E-state index < -0.39 is 10.0 Å². The summed E-state index contributed by atoms with van der Waals surface area (Å²) in [5, 5.41) is 3.42. The zero-order valence-corrected chi connectivity index (χ0v) is 16.5. The SMILES string of the molecule is Cc1cccc(N(CCCC(=O)NCc2ccccc2Cl)S(C)(=O)=O)c1. The number of carbonyl (C=O) groups is 1. The van der Waals surface area contributed by atoms with Crippen LogP contribution in [-0.2, 0) is 21.4 Å². The normalized spacial score (nSPS) is 11.2. The third kappa shape index (κ3) is 6.04. The van der Waals surface area contributed by atoms with Crippen LogP contribution in [-0.4, -0.2) is 27.1 Å². The largest absolute Gasteiger partial charge is 0.352 e. The quantitative estimate of drug-likeness (QED) is 0.745. The summed E-state index contributed by atoms with van der Waals surface area (Å²) in [7, 11) is -3.41. The minimum absolute atomic E-state index is 0.136. The number of benzene rings is 2. The van der Waals surface area contributed by atoms with Gasteiger partial charge in [-0.25, -0.2) is 8.42 Å². The molecule has 140 valence electrons. The highest BCUT2D eigenvalue weighted by Gasteiger charge is 2.17. The van der Waals surface area contributed by atoms with Crippen LogP contribution in [0, 0.1) is 6.92 Å². The monoisotopic (exact) mass is 394 g/mol. The van der Waals surface area contributed by atoms with Crippen LogP contribution >= 0.6 is 11.6 Å². The Labute approximate surface area is 160 Å². The van der Waals surface area contributed by atoms with E-state index in [1.807, 2.05) is 43.3 Å². The van der Waals surface area contributed by atoms with E-state index in [4.69, 9.17) is 11.6 Å². The molecule has 0 fully saturated rings. The highest BCUT2D eigenvalue weighted by Crippen LogP contribution is 2.19. The summed E-state index contributed by atoms with van der Waals surface area (Å²) in [6, 6.07) is 14.6. The van der Waals surface area contributed by atoms with Crippen LogP contribution < -0.4 is 9.62 Å². The molecule has 0 bridgehead atoms. The van der Waals surface area contributed by atoms with Crippen molar-refractivity contribution in [3.63, 3.8) is 0 Å². The summed E-state index contributed by atoms with van der Waals surface area (Å²) in [6.07, 6.45) is 1.84. The Balaban J connectivity index is 1.89. The van der Waals surface area contributed by atoms with Gasteiger partial charge in [0.15, 0.2) is 0 Å². The molecular weight excluding hydrogens is 372 g/mol. The van der Waals surface area contributed by atoms with Gasteiger partial charge in [-0.05, 0) is 42.7 Å². The van der Waals surface area contributed by atoms with Gasteiger partial charge in [0, 0.05) is 24.5 Å². The van der Waals surface area contributed by atoms with Gasteiger partial charge in [-0.2, -0.15) is 0 Å². The lowest BCUT2D eigenvalue weighted by atomic mass is 10.2. The lowest BCUT2D eigenvalue weighted by Crippen LogP contribution is -2.32. The summed E-state index contributed by atoms with van der Waals surface area (Å²) in [5.41, 5.74) is 2.44. The maximum atomic E-state index is 12.1. The fourth-order valence-electron chi connectivity index (χ4n) is 2.58. The summed E-state index contributed by atoms with van der Waals surface area (Å²) < 4.78 is 25.5. The Kier molecular flexibility index (Phi) is 7.06. The first-order valence-electron chi connectivity index (χ1n) is 8.32. The molecule has 0 unspecified atom stereocenters. The number of hydrogen-bond donors (Lipinski definition) is 1. The van der Waals surface area contributed by atoms with Gasteiger partial charge in [-0.3, -0.25) is 9.10 Å². The first kappa shape index (κ1) is 20.3. The molecule has 0 atom stereocenters. The van der Waals surface area contributed by atoms with Gasteiger partial charge in [-0.15, -0.1) is 0 Å². The van der Waals surface area contributed by atoms with E-state index in [9.17, 15) is 13.2 Å². The minimum atomic E-state index is -3.41. The van der Waals surface area contributed by atoms with Crippen LogP contribution in [0.15, 0.2) is 48.5 Å². The summed E-state index contributed by atoms with van der Waals surface area (Å²) >= 11 is 6.06.